The number of amides is 1. The molecule has 3 N–H and O–H groups in total. The number of carbonyl (C=O) groups excluding carboxylic acids is 1. The Kier molecular flexibility index (Phi) is 4.60. The van der Waals surface area contributed by atoms with E-state index in [4.69, 9.17) is 5.73 Å². The molecule has 0 spiro atoms. The predicted molar refractivity (Wildman–Crippen MR) is 79.7 cm³/mol. The summed E-state index contributed by atoms with van der Waals surface area (Å²) in [5.74, 6) is -0.295. The molecule has 1 aliphatic heterocycles. The molecule has 0 bridgehead atoms. The van der Waals surface area contributed by atoms with Gasteiger partial charge in [0.05, 0.1) is 0 Å². The first-order chi connectivity index (χ1) is 9.05. The van der Waals surface area contributed by atoms with Gasteiger partial charge in [-0.1, -0.05) is 28.1 Å². The molecule has 1 heterocycles. The van der Waals surface area contributed by atoms with Gasteiger partial charge in [0.15, 0.2) is 0 Å². The van der Waals surface area contributed by atoms with E-state index < -0.39 is 5.54 Å². The first-order valence-electron chi connectivity index (χ1n) is 6.57. The van der Waals surface area contributed by atoms with Crippen molar-refractivity contribution in [3.63, 3.8) is 0 Å². The van der Waals surface area contributed by atoms with Crippen LogP contribution in [-0.4, -0.2) is 37.0 Å². The summed E-state index contributed by atoms with van der Waals surface area (Å²) in [6.45, 7) is 5.51. The van der Waals surface area contributed by atoms with Crippen molar-refractivity contribution in [1.29, 1.82) is 0 Å². The quantitative estimate of drug-likeness (QED) is 0.884. The van der Waals surface area contributed by atoms with Gasteiger partial charge in [0.25, 0.3) is 0 Å². The van der Waals surface area contributed by atoms with Gasteiger partial charge in [-0.15, -0.1) is 0 Å². The monoisotopic (exact) mass is 325 g/mol. The third-order valence-electron chi connectivity index (χ3n) is 3.86. The number of hydrogen-bond acceptors (Lipinski definition) is 3. The van der Waals surface area contributed by atoms with E-state index >= 15 is 0 Å². The van der Waals surface area contributed by atoms with Gasteiger partial charge < -0.3 is 11.1 Å². The third kappa shape index (κ3) is 2.99. The lowest BCUT2D eigenvalue weighted by molar-refractivity contribution is -0.129. The Morgan fingerprint density at radius 3 is 2.63 bits per heavy atom. The molecule has 0 saturated carbocycles. The summed E-state index contributed by atoms with van der Waals surface area (Å²) >= 11 is 3.42. The number of halogens is 1. The highest BCUT2D eigenvalue weighted by Crippen LogP contribution is 2.29. The molecule has 5 heteroatoms. The summed E-state index contributed by atoms with van der Waals surface area (Å²) in [4.78, 5) is 14.2. The van der Waals surface area contributed by atoms with Crippen LogP contribution in [0.4, 0.5) is 0 Å². The minimum atomic E-state index is -0.743. The second kappa shape index (κ2) is 6.03. The van der Waals surface area contributed by atoms with Crippen LogP contribution in [0.1, 0.15) is 18.9 Å². The number of nitrogens with two attached hydrogens (primary N) is 1. The topological polar surface area (TPSA) is 58.4 Å². The number of primary amides is 1. The number of benzene rings is 1. The molecule has 0 aromatic heterocycles. The Morgan fingerprint density at radius 2 is 2.00 bits per heavy atom. The summed E-state index contributed by atoms with van der Waals surface area (Å²) in [6.07, 6.45) is 1.03. The van der Waals surface area contributed by atoms with Gasteiger partial charge in [-0.3, -0.25) is 9.69 Å². The molecular formula is C14H20BrN3O. The molecule has 1 atom stereocenters. The number of hydrogen-bond donors (Lipinski definition) is 2. The van der Waals surface area contributed by atoms with Crippen LogP contribution in [0.2, 0.25) is 0 Å². The molecular weight excluding hydrogens is 306 g/mol. The van der Waals surface area contributed by atoms with Gasteiger partial charge in [0.2, 0.25) is 5.91 Å². The van der Waals surface area contributed by atoms with Crippen LogP contribution in [0.25, 0.3) is 0 Å². The number of nitrogens with one attached hydrogen (secondary N) is 1. The van der Waals surface area contributed by atoms with Gasteiger partial charge in [-0.2, -0.15) is 0 Å². The van der Waals surface area contributed by atoms with Crippen molar-refractivity contribution in [3.8, 4) is 0 Å². The van der Waals surface area contributed by atoms with E-state index in [9.17, 15) is 4.79 Å². The van der Waals surface area contributed by atoms with Crippen LogP contribution < -0.4 is 11.1 Å². The van der Waals surface area contributed by atoms with E-state index in [1.807, 2.05) is 31.2 Å². The smallest absolute Gasteiger partial charge is 0.242 e. The summed E-state index contributed by atoms with van der Waals surface area (Å²) in [6, 6.07) is 7.83. The maximum Gasteiger partial charge on any atom is 0.242 e. The number of nitrogens with zero attached hydrogens (tertiary/aromatic N) is 1. The molecule has 1 saturated heterocycles. The summed E-state index contributed by atoms with van der Waals surface area (Å²) in [5.41, 5.74) is 5.92. The van der Waals surface area contributed by atoms with Crippen LogP contribution in [0.5, 0.6) is 0 Å². The van der Waals surface area contributed by atoms with Crippen LogP contribution >= 0.6 is 15.9 Å². The fourth-order valence-corrected chi connectivity index (χ4v) is 2.81. The maximum atomic E-state index is 12.1. The van der Waals surface area contributed by atoms with Crippen molar-refractivity contribution in [3.05, 3.63) is 34.3 Å². The molecule has 0 aliphatic carbocycles. The van der Waals surface area contributed by atoms with Gasteiger partial charge in [0, 0.05) is 24.1 Å². The lowest BCUT2D eigenvalue weighted by Gasteiger charge is -2.38. The first-order valence-corrected chi connectivity index (χ1v) is 7.36. The highest BCUT2D eigenvalue weighted by molar-refractivity contribution is 9.10. The minimum absolute atomic E-state index is 0.295. The average molecular weight is 326 g/mol. The van der Waals surface area contributed by atoms with Crippen molar-refractivity contribution in [2.45, 2.75) is 18.9 Å². The van der Waals surface area contributed by atoms with Crippen LogP contribution in [-0.2, 0) is 10.3 Å². The molecule has 0 radical (unpaired) electrons. The molecule has 1 amide bonds. The molecule has 1 aliphatic rings. The summed E-state index contributed by atoms with van der Waals surface area (Å²) in [7, 11) is 0. The van der Waals surface area contributed by atoms with Crippen molar-refractivity contribution < 1.29 is 4.79 Å². The molecule has 1 fully saturated rings. The molecule has 1 aromatic carbocycles. The lowest BCUT2D eigenvalue weighted by atomic mass is 9.89. The Labute approximate surface area is 122 Å². The van der Waals surface area contributed by atoms with Crippen molar-refractivity contribution >= 4 is 21.8 Å². The second-order valence-electron chi connectivity index (χ2n) is 5.03. The van der Waals surface area contributed by atoms with E-state index in [-0.39, 0.29) is 5.91 Å². The van der Waals surface area contributed by atoms with Crippen LogP contribution in [0.3, 0.4) is 0 Å². The third-order valence-corrected chi connectivity index (χ3v) is 4.39. The molecule has 1 aromatic rings. The zero-order valence-corrected chi connectivity index (χ0v) is 12.7. The Hall–Kier alpha value is -0.910. The van der Waals surface area contributed by atoms with E-state index in [2.05, 4.69) is 26.1 Å². The summed E-state index contributed by atoms with van der Waals surface area (Å²) in [5, 5.41) is 3.35. The summed E-state index contributed by atoms with van der Waals surface area (Å²) < 4.78 is 1.00. The Bertz CT molecular complexity index is 441. The Morgan fingerprint density at radius 1 is 1.32 bits per heavy atom. The average Bonchev–Trinajstić information content (AvgIpc) is 2.67. The number of rotatable bonds is 3. The van der Waals surface area contributed by atoms with Gasteiger partial charge in [-0.05, 0) is 37.6 Å². The van der Waals surface area contributed by atoms with Crippen LogP contribution in [0.15, 0.2) is 28.7 Å². The molecule has 104 valence electrons. The standard InChI is InChI=1S/C14H20BrN3O/c1-14(13(16)19,11-3-5-12(15)6-4-11)18-9-2-7-17-8-10-18/h3-6,17H,2,7-10H2,1H3,(H2,16,19). The Balaban J connectivity index is 2.35. The highest BCUT2D eigenvalue weighted by atomic mass is 79.9. The molecule has 1 unspecified atom stereocenters. The molecule has 19 heavy (non-hydrogen) atoms. The predicted octanol–water partition coefficient (Wildman–Crippen LogP) is 1.44. The van der Waals surface area contributed by atoms with E-state index in [0.29, 0.717) is 0 Å². The van der Waals surface area contributed by atoms with Gasteiger partial charge >= 0.3 is 0 Å². The van der Waals surface area contributed by atoms with E-state index in [1.54, 1.807) is 0 Å². The molecule has 4 nitrogen and oxygen atoms in total. The largest absolute Gasteiger partial charge is 0.368 e. The van der Waals surface area contributed by atoms with Gasteiger partial charge in [0.1, 0.15) is 5.54 Å². The maximum absolute atomic E-state index is 12.1. The van der Waals surface area contributed by atoms with Gasteiger partial charge in [-0.25, -0.2) is 0 Å². The van der Waals surface area contributed by atoms with Crippen LogP contribution in [0, 0.1) is 0 Å². The van der Waals surface area contributed by atoms with Crippen molar-refractivity contribution in [2.24, 2.45) is 5.73 Å². The van der Waals surface area contributed by atoms with E-state index in [1.165, 1.54) is 0 Å². The fourth-order valence-electron chi connectivity index (χ4n) is 2.55. The zero-order chi connectivity index (χ0) is 13.9. The lowest BCUT2D eigenvalue weighted by Crippen LogP contribution is -2.54. The SMILES string of the molecule is CC(C(N)=O)(c1ccc(Br)cc1)N1CCCNCC1. The van der Waals surface area contributed by atoms with E-state index in [0.717, 1.165) is 42.6 Å². The zero-order valence-electron chi connectivity index (χ0n) is 11.2. The fraction of sp³-hybridized carbons (Fsp3) is 0.500. The molecule has 2 rings (SSSR count). The normalized spacial score (nSPS) is 20.5. The minimum Gasteiger partial charge on any atom is -0.368 e. The number of carbonyl (C=O) groups is 1. The van der Waals surface area contributed by atoms with Crippen molar-refractivity contribution in [2.75, 3.05) is 26.2 Å². The van der Waals surface area contributed by atoms with Crippen molar-refractivity contribution in [1.82, 2.24) is 10.2 Å². The highest BCUT2D eigenvalue weighted by Gasteiger charge is 2.39. The second-order valence-corrected chi connectivity index (χ2v) is 5.95. The first kappa shape index (κ1) is 14.5.